The molecule has 2 heterocycles. The lowest BCUT2D eigenvalue weighted by Gasteiger charge is -2.21. The molecular formula is C23H21Cl3N4O2S. The fourth-order valence-corrected chi connectivity index (χ4v) is 4.98. The molecule has 1 fully saturated rings. The molecule has 6 nitrogen and oxygen atoms in total. The van der Waals surface area contributed by atoms with E-state index in [2.05, 4.69) is 10.4 Å². The number of aromatic nitrogens is 1. The molecule has 1 N–H and O–H groups in total. The third kappa shape index (κ3) is 5.86. The van der Waals surface area contributed by atoms with Crippen LogP contribution in [0.4, 0.5) is 10.8 Å². The van der Waals surface area contributed by atoms with Gasteiger partial charge in [0.1, 0.15) is 5.69 Å². The highest BCUT2D eigenvalue weighted by atomic mass is 35.5. The monoisotopic (exact) mass is 522 g/mol. The van der Waals surface area contributed by atoms with Crippen molar-refractivity contribution in [2.45, 2.75) is 25.7 Å². The van der Waals surface area contributed by atoms with Crippen LogP contribution in [-0.2, 0) is 0 Å². The smallest absolute Gasteiger partial charge is 0.283 e. The van der Waals surface area contributed by atoms with Gasteiger partial charge in [-0.2, -0.15) is 0 Å². The van der Waals surface area contributed by atoms with Crippen LogP contribution in [0.25, 0.3) is 0 Å². The van der Waals surface area contributed by atoms with Crippen LogP contribution in [0.5, 0.6) is 0 Å². The van der Waals surface area contributed by atoms with E-state index in [9.17, 15) is 9.59 Å². The van der Waals surface area contributed by atoms with Gasteiger partial charge in [-0.05, 0) is 55.3 Å². The maximum atomic E-state index is 13.5. The van der Waals surface area contributed by atoms with E-state index in [4.69, 9.17) is 34.8 Å². The van der Waals surface area contributed by atoms with E-state index < -0.39 is 5.91 Å². The van der Waals surface area contributed by atoms with Crippen molar-refractivity contribution in [2.24, 2.45) is 0 Å². The lowest BCUT2D eigenvalue weighted by Crippen LogP contribution is -2.42. The second-order valence-electron chi connectivity index (χ2n) is 7.60. The molecule has 172 valence electrons. The maximum Gasteiger partial charge on any atom is 0.285 e. The molecule has 0 unspecified atom stereocenters. The first kappa shape index (κ1) is 24.0. The van der Waals surface area contributed by atoms with Gasteiger partial charge >= 0.3 is 0 Å². The van der Waals surface area contributed by atoms with Crippen molar-refractivity contribution >= 4 is 68.8 Å². The average molecular weight is 524 g/mol. The number of carbonyl (C=O) groups excluding carboxylic acids is 2. The third-order valence-corrected chi connectivity index (χ3v) is 6.86. The van der Waals surface area contributed by atoms with Crippen molar-refractivity contribution in [2.75, 3.05) is 18.0 Å². The first-order chi connectivity index (χ1) is 15.9. The number of rotatable bonds is 5. The summed E-state index contributed by atoms with van der Waals surface area (Å²) in [6.07, 6.45) is 4.42. The molecule has 0 radical (unpaired) electrons. The summed E-state index contributed by atoms with van der Waals surface area (Å²) in [6, 6.07) is 11.5. The van der Waals surface area contributed by atoms with Crippen molar-refractivity contribution in [3.05, 3.63) is 74.2 Å². The van der Waals surface area contributed by atoms with Gasteiger partial charge in [0.15, 0.2) is 5.13 Å². The number of carbonyl (C=O) groups is 2. The van der Waals surface area contributed by atoms with Crippen LogP contribution >= 0.6 is 46.1 Å². The van der Waals surface area contributed by atoms with Gasteiger partial charge in [0.2, 0.25) is 0 Å². The van der Waals surface area contributed by atoms with Crippen molar-refractivity contribution in [3.8, 4) is 0 Å². The van der Waals surface area contributed by atoms with Crippen molar-refractivity contribution in [1.29, 1.82) is 0 Å². The van der Waals surface area contributed by atoms with E-state index in [1.54, 1.807) is 41.8 Å². The Bertz CT molecular complexity index is 1140. The summed E-state index contributed by atoms with van der Waals surface area (Å²) in [5.41, 5.74) is 3.99. The zero-order chi connectivity index (χ0) is 23.4. The minimum atomic E-state index is -0.396. The predicted octanol–water partition coefficient (Wildman–Crippen LogP) is 6.60. The fourth-order valence-electron chi connectivity index (χ4n) is 3.54. The molecule has 1 aliphatic heterocycles. The highest BCUT2D eigenvalue weighted by molar-refractivity contribution is 7.14. The van der Waals surface area contributed by atoms with Gasteiger partial charge in [-0.25, -0.2) is 9.99 Å². The number of anilines is 2. The number of nitrogens with zero attached hydrogens (tertiary/aromatic N) is 3. The minimum absolute atomic E-state index is 0.224. The number of hydrazine groups is 1. The third-order valence-electron chi connectivity index (χ3n) is 5.23. The molecule has 0 saturated carbocycles. The van der Waals surface area contributed by atoms with E-state index >= 15 is 0 Å². The molecule has 33 heavy (non-hydrogen) atoms. The van der Waals surface area contributed by atoms with Gasteiger partial charge in [0.05, 0.1) is 16.3 Å². The molecule has 10 heteroatoms. The molecule has 0 spiro atoms. The molecule has 1 aliphatic rings. The number of amides is 2. The van der Waals surface area contributed by atoms with Crippen molar-refractivity contribution in [1.82, 2.24) is 15.4 Å². The molecule has 3 aromatic rings. The maximum absolute atomic E-state index is 13.5. The molecule has 1 saturated heterocycles. The van der Waals surface area contributed by atoms with Gasteiger partial charge in [-0.1, -0.05) is 47.6 Å². The Hall–Kier alpha value is -2.16. The first-order valence-corrected chi connectivity index (χ1v) is 12.5. The largest absolute Gasteiger partial charge is 0.285 e. The molecule has 4 rings (SSSR count). The van der Waals surface area contributed by atoms with Crippen LogP contribution < -0.4 is 10.3 Å². The van der Waals surface area contributed by atoms with Crippen LogP contribution in [0.3, 0.4) is 0 Å². The SMILES string of the molecule is O=C(NN1CCCCCC1)c1csc(N(C(=O)c2ccc(Cl)cc2Cl)c2ccc(Cl)cc2)n1. The fraction of sp³-hybridized carbons (Fsp3) is 0.261. The Morgan fingerprint density at radius 1 is 0.939 bits per heavy atom. The average Bonchev–Trinajstić information content (AvgIpc) is 3.13. The summed E-state index contributed by atoms with van der Waals surface area (Å²) in [7, 11) is 0. The second kappa shape index (κ2) is 10.8. The Labute approximate surface area is 211 Å². The topological polar surface area (TPSA) is 65.5 Å². The van der Waals surface area contributed by atoms with Gasteiger partial charge in [-0.15, -0.1) is 11.3 Å². The molecule has 0 aliphatic carbocycles. The number of hydrogen-bond acceptors (Lipinski definition) is 5. The normalized spacial score (nSPS) is 14.5. The van der Waals surface area contributed by atoms with Crippen molar-refractivity contribution < 1.29 is 9.59 Å². The molecule has 2 amide bonds. The van der Waals surface area contributed by atoms with Gasteiger partial charge in [-0.3, -0.25) is 19.9 Å². The first-order valence-electron chi connectivity index (χ1n) is 10.5. The molecule has 2 aromatic carbocycles. The Morgan fingerprint density at radius 2 is 1.61 bits per heavy atom. The standard InChI is InChI=1S/C23H21Cl3N4O2S/c24-15-5-8-17(9-6-15)30(22(32)18-10-7-16(25)13-19(18)26)23-27-20(14-33-23)21(31)28-29-11-3-1-2-4-12-29/h5-10,13-14H,1-4,11-12H2,(H,28,31). The zero-order valence-electron chi connectivity index (χ0n) is 17.6. The Balaban J connectivity index is 1.63. The van der Waals surface area contributed by atoms with E-state index in [1.807, 2.05) is 5.01 Å². The van der Waals surface area contributed by atoms with E-state index in [1.165, 1.54) is 35.1 Å². The number of hydrogen-bond donors (Lipinski definition) is 1. The molecular weight excluding hydrogens is 503 g/mol. The summed E-state index contributed by atoms with van der Waals surface area (Å²) in [5.74, 6) is -0.694. The van der Waals surface area contributed by atoms with Crippen LogP contribution in [0, 0.1) is 0 Å². The van der Waals surface area contributed by atoms with E-state index in [0.29, 0.717) is 20.9 Å². The lowest BCUT2D eigenvalue weighted by atomic mass is 10.2. The predicted molar refractivity (Wildman–Crippen MR) is 134 cm³/mol. The highest BCUT2D eigenvalue weighted by Crippen LogP contribution is 2.33. The van der Waals surface area contributed by atoms with E-state index in [0.717, 1.165) is 25.9 Å². The molecule has 1 aromatic heterocycles. The quantitative estimate of drug-likeness (QED) is 0.409. The Kier molecular flexibility index (Phi) is 7.88. The van der Waals surface area contributed by atoms with E-state index in [-0.39, 0.29) is 22.2 Å². The molecule has 0 bridgehead atoms. The number of thiazole rings is 1. The van der Waals surface area contributed by atoms with Gasteiger partial charge in [0, 0.05) is 28.5 Å². The van der Waals surface area contributed by atoms with Crippen molar-refractivity contribution in [3.63, 3.8) is 0 Å². The minimum Gasteiger partial charge on any atom is -0.283 e. The van der Waals surface area contributed by atoms with Gasteiger partial charge in [0.25, 0.3) is 11.8 Å². The van der Waals surface area contributed by atoms with Crippen LogP contribution in [0.15, 0.2) is 47.8 Å². The number of benzene rings is 2. The Morgan fingerprint density at radius 3 is 2.27 bits per heavy atom. The number of nitrogens with one attached hydrogen (secondary N) is 1. The summed E-state index contributed by atoms with van der Waals surface area (Å²) in [5, 5.41) is 5.10. The van der Waals surface area contributed by atoms with Crippen LogP contribution in [-0.4, -0.2) is 34.9 Å². The lowest BCUT2D eigenvalue weighted by molar-refractivity contribution is 0.0789. The summed E-state index contributed by atoms with van der Waals surface area (Å²) < 4.78 is 0. The number of halogens is 3. The van der Waals surface area contributed by atoms with Gasteiger partial charge < -0.3 is 0 Å². The summed E-state index contributed by atoms with van der Waals surface area (Å²) in [4.78, 5) is 32.2. The highest BCUT2D eigenvalue weighted by Gasteiger charge is 2.26. The zero-order valence-corrected chi connectivity index (χ0v) is 20.6. The summed E-state index contributed by atoms with van der Waals surface area (Å²) >= 11 is 19.5. The molecule has 0 atom stereocenters. The van der Waals surface area contributed by atoms with Crippen LogP contribution in [0.1, 0.15) is 46.5 Å². The summed E-state index contributed by atoms with van der Waals surface area (Å²) in [6.45, 7) is 1.63. The van der Waals surface area contributed by atoms with Crippen LogP contribution in [0.2, 0.25) is 15.1 Å². The second-order valence-corrected chi connectivity index (χ2v) is 9.72.